The number of hydrogen-bond acceptors (Lipinski definition) is 8. The minimum absolute atomic E-state index is 0.0288. The molecule has 0 amide bonds. The first-order valence-electron chi connectivity index (χ1n) is 16.0. The maximum Gasteiger partial charge on any atom is 0.336 e. The van der Waals surface area contributed by atoms with Gasteiger partial charge in [-0.25, -0.2) is 4.79 Å². The molecule has 47 heavy (non-hydrogen) atoms. The molecule has 2 atom stereocenters. The van der Waals surface area contributed by atoms with Crippen molar-refractivity contribution in [2.75, 3.05) is 39.3 Å². The lowest BCUT2D eigenvalue weighted by molar-refractivity contribution is -0.384. The summed E-state index contributed by atoms with van der Waals surface area (Å²) in [5.74, 6) is -1.29. The minimum atomic E-state index is -0.513. The molecule has 6 rings (SSSR count). The zero-order valence-electron chi connectivity index (χ0n) is 26.7. The fourth-order valence-electron chi connectivity index (χ4n) is 6.96. The van der Waals surface area contributed by atoms with Crippen LogP contribution in [0.25, 0.3) is 0 Å². The largest absolute Gasteiger partial charge is 0.461 e. The minimum Gasteiger partial charge on any atom is -0.461 e. The first kappa shape index (κ1) is 32.0. The van der Waals surface area contributed by atoms with Crippen molar-refractivity contribution in [1.29, 1.82) is 0 Å². The van der Waals surface area contributed by atoms with Crippen molar-refractivity contribution in [2.24, 2.45) is 4.99 Å². The molecule has 2 aliphatic rings. The monoisotopic (exact) mass is 629 g/mol. The number of non-ortho nitro benzene ring substituents is 1. The van der Waals surface area contributed by atoms with Gasteiger partial charge in [-0.1, -0.05) is 78.9 Å². The Hall–Kier alpha value is -4.99. The number of aliphatic imine (C=N–C) groups is 1. The van der Waals surface area contributed by atoms with E-state index in [1.165, 1.54) is 17.2 Å². The summed E-state index contributed by atoms with van der Waals surface area (Å²) in [5, 5.41) is 11.7. The predicted molar refractivity (Wildman–Crippen MR) is 182 cm³/mol. The number of nitro benzene ring substituents is 1. The van der Waals surface area contributed by atoms with Gasteiger partial charge in [-0.05, 0) is 42.2 Å². The van der Waals surface area contributed by atoms with Crippen LogP contribution >= 0.6 is 0 Å². The van der Waals surface area contributed by atoms with E-state index in [0.29, 0.717) is 23.4 Å². The zero-order valence-corrected chi connectivity index (χ0v) is 26.7. The van der Waals surface area contributed by atoms with E-state index in [9.17, 15) is 14.9 Å². The molecule has 1 saturated heterocycles. The Balaban J connectivity index is 1.15. The van der Waals surface area contributed by atoms with E-state index >= 15 is 0 Å². The van der Waals surface area contributed by atoms with Gasteiger partial charge in [-0.3, -0.25) is 29.9 Å². The van der Waals surface area contributed by atoms with Crippen LogP contribution in [0.3, 0.4) is 0 Å². The van der Waals surface area contributed by atoms with Crippen molar-refractivity contribution in [3.63, 3.8) is 0 Å². The second-order valence-corrected chi connectivity index (χ2v) is 12.1. The van der Waals surface area contributed by atoms with Crippen molar-refractivity contribution in [3.8, 4) is 0 Å². The summed E-state index contributed by atoms with van der Waals surface area (Å²) in [5.41, 5.74) is 5.86. The average Bonchev–Trinajstić information content (AvgIpc) is 3.10. The highest BCUT2D eigenvalue weighted by Gasteiger charge is 2.39. The van der Waals surface area contributed by atoms with Gasteiger partial charge in [0.25, 0.3) is 5.69 Å². The lowest BCUT2D eigenvalue weighted by Gasteiger charge is -2.39. The third kappa shape index (κ3) is 7.21. The predicted octanol–water partition coefficient (Wildman–Crippen LogP) is 6.56. The highest BCUT2D eigenvalue weighted by atomic mass is 16.6. The smallest absolute Gasteiger partial charge is 0.336 e. The van der Waals surface area contributed by atoms with Crippen molar-refractivity contribution in [2.45, 2.75) is 31.7 Å². The second-order valence-electron chi connectivity index (χ2n) is 12.1. The molecule has 1 aromatic heterocycles. The summed E-state index contributed by atoms with van der Waals surface area (Å²) >= 11 is 0. The summed E-state index contributed by atoms with van der Waals surface area (Å²) in [4.78, 5) is 39.1. The van der Waals surface area contributed by atoms with Crippen molar-refractivity contribution in [1.82, 2.24) is 14.8 Å². The number of pyridine rings is 1. The third-order valence-corrected chi connectivity index (χ3v) is 9.18. The van der Waals surface area contributed by atoms with Crippen LogP contribution in [0.1, 0.15) is 54.0 Å². The highest BCUT2D eigenvalue weighted by molar-refractivity contribution is 5.99. The fourth-order valence-corrected chi connectivity index (χ4v) is 6.96. The second kappa shape index (κ2) is 14.6. The van der Waals surface area contributed by atoms with Gasteiger partial charge in [0.2, 0.25) is 0 Å². The van der Waals surface area contributed by atoms with Crippen LogP contribution in [0.4, 0.5) is 5.69 Å². The lowest BCUT2D eigenvalue weighted by Crippen LogP contribution is -2.48. The quantitative estimate of drug-likeness (QED) is 0.111. The summed E-state index contributed by atoms with van der Waals surface area (Å²) in [6.45, 7) is 8.08. The molecule has 9 nitrogen and oxygen atoms in total. The molecule has 9 heteroatoms. The first-order chi connectivity index (χ1) is 22.9. The maximum atomic E-state index is 13.9. The molecular weight excluding hydrogens is 590 g/mol. The van der Waals surface area contributed by atoms with Gasteiger partial charge < -0.3 is 4.74 Å². The highest BCUT2D eigenvalue weighted by Crippen LogP contribution is 2.45. The normalized spacial score (nSPS) is 19.0. The average molecular weight is 630 g/mol. The zero-order chi connectivity index (χ0) is 32.8. The third-order valence-electron chi connectivity index (χ3n) is 9.18. The van der Waals surface area contributed by atoms with Gasteiger partial charge in [0, 0.05) is 80.5 Å². The summed E-state index contributed by atoms with van der Waals surface area (Å²) in [6.07, 6.45) is 3.46. The Bertz CT molecular complexity index is 1710. The number of allylic oxidation sites excluding steroid dienone is 1. The van der Waals surface area contributed by atoms with E-state index in [1.807, 2.05) is 37.3 Å². The molecule has 2 aliphatic heterocycles. The lowest BCUT2D eigenvalue weighted by atomic mass is 9.73. The molecule has 0 N–H and O–H groups in total. The Morgan fingerprint density at radius 2 is 1.53 bits per heavy atom. The Labute approximate surface area is 275 Å². The molecule has 3 aromatic carbocycles. The van der Waals surface area contributed by atoms with Gasteiger partial charge in [0.1, 0.15) is 6.61 Å². The molecule has 4 aromatic rings. The molecular formula is C38H39N5O4. The molecule has 0 saturated carbocycles. The Morgan fingerprint density at radius 3 is 2.15 bits per heavy atom. The standard InChI is InChI=1S/C38H39N5O4/c1-27-34(32-16-10-18-39-26-32)36(31-15-9-17-33(25-31)43(45)46)35(28(2)40-27)38(44)47-24-23-41-19-21-42(22-20-41)37(29-11-5-3-6-12-29)30-13-7-4-8-14-30/h3-18,25-26,34,36-37H,19-24H2,1-2H3. The number of carbonyl (C=O) groups excluding carboxylic acids is 1. The summed E-state index contributed by atoms with van der Waals surface area (Å²) < 4.78 is 5.95. The van der Waals surface area contributed by atoms with Gasteiger partial charge in [-0.15, -0.1) is 0 Å². The van der Waals surface area contributed by atoms with Crippen LogP contribution in [0, 0.1) is 10.1 Å². The summed E-state index contributed by atoms with van der Waals surface area (Å²) in [6, 6.07) is 31.7. The Kier molecular flexibility index (Phi) is 9.94. The van der Waals surface area contributed by atoms with Gasteiger partial charge >= 0.3 is 5.97 Å². The SMILES string of the molecule is CC1=NC(C)=C(C(=O)OCCN2CCN(C(c3ccccc3)c3ccccc3)CC2)C(c2cccc([N+](=O)[O-])c2)C1c1cccnc1. The van der Waals surface area contributed by atoms with E-state index < -0.39 is 16.8 Å². The van der Waals surface area contributed by atoms with Crippen LogP contribution in [0.2, 0.25) is 0 Å². The molecule has 2 unspecified atom stereocenters. The van der Waals surface area contributed by atoms with E-state index in [-0.39, 0.29) is 24.3 Å². The van der Waals surface area contributed by atoms with Crippen LogP contribution in [0.15, 0.2) is 126 Å². The van der Waals surface area contributed by atoms with Crippen molar-refractivity contribution in [3.05, 3.63) is 153 Å². The van der Waals surface area contributed by atoms with E-state index in [1.54, 1.807) is 31.5 Å². The summed E-state index contributed by atoms with van der Waals surface area (Å²) in [7, 11) is 0. The fraction of sp³-hybridized carbons (Fsp3) is 0.289. The number of esters is 1. The molecule has 3 heterocycles. The number of nitro groups is 1. The first-order valence-corrected chi connectivity index (χ1v) is 16.0. The Morgan fingerprint density at radius 1 is 0.872 bits per heavy atom. The van der Waals surface area contributed by atoms with Crippen molar-refractivity contribution >= 4 is 17.4 Å². The number of carbonyl (C=O) groups is 1. The van der Waals surface area contributed by atoms with Crippen molar-refractivity contribution < 1.29 is 14.5 Å². The van der Waals surface area contributed by atoms with E-state index in [0.717, 1.165) is 37.5 Å². The molecule has 240 valence electrons. The molecule has 0 radical (unpaired) electrons. The molecule has 0 spiro atoms. The van der Waals surface area contributed by atoms with Gasteiger partial charge in [-0.2, -0.15) is 0 Å². The van der Waals surface area contributed by atoms with Gasteiger partial charge in [0.05, 0.1) is 16.5 Å². The number of nitrogens with zero attached hydrogens (tertiary/aromatic N) is 5. The van der Waals surface area contributed by atoms with Gasteiger partial charge in [0.15, 0.2) is 0 Å². The maximum absolute atomic E-state index is 13.9. The van der Waals surface area contributed by atoms with E-state index in [2.05, 4.69) is 63.3 Å². The van der Waals surface area contributed by atoms with Crippen LogP contribution in [0.5, 0.6) is 0 Å². The molecule has 0 aliphatic carbocycles. The van der Waals surface area contributed by atoms with Crippen LogP contribution in [-0.2, 0) is 9.53 Å². The van der Waals surface area contributed by atoms with E-state index in [4.69, 9.17) is 9.73 Å². The van der Waals surface area contributed by atoms with Crippen LogP contribution in [-0.4, -0.2) is 70.7 Å². The molecule has 0 bridgehead atoms. The number of ether oxygens (including phenoxy) is 1. The number of rotatable bonds is 10. The number of aromatic nitrogens is 1. The van der Waals surface area contributed by atoms with Crippen LogP contribution < -0.4 is 0 Å². The number of hydrogen-bond donors (Lipinski definition) is 0. The number of piperazine rings is 1. The number of benzene rings is 3. The topological polar surface area (TPSA) is 101 Å². The molecule has 1 fully saturated rings.